The van der Waals surface area contributed by atoms with Gasteiger partial charge in [0.15, 0.2) is 5.13 Å². The average molecular weight is 283 g/mol. The van der Waals surface area contributed by atoms with E-state index >= 15 is 0 Å². The van der Waals surface area contributed by atoms with Crippen molar-refractivity contribution in [2.75, 3.05) is 18.0 Å². The molecule has 1 aromatic heterocycles. The molecule has 1 fully saturated rings. The Labute approximate surface area is 117 Å². The molecule has 2 atom stereocenters. The summed E-state index contributed by atoms with van der Waals surface area (Å²) in [7, 11) is 0. The molecule has 0 saturated carbocycles. The number of rotatable bonds is 4. The molecule has 106 valence electrons. The third kappa shape index (κ3) is 3.45. The van der Waals surface area contributed by atoms with Gasteiger partial charge in [-0.2, -0.15) is 0 Å². The zero-order valence-corrected chi connectivity index (χ0v) is 12.0. The average Bonchev–Trinajstić information content (AvgIpc) is 2.76. The van der Waals surface area contributed by atoms with Crippen molar-refractivity contribution in [3.8, 4) is 0 Å². The number of hydrogen-bond donors (Lipinski definition) is 2. The maximum absolute atomic E-state index is 10.8. The number of hydrogen-bond acceptors (Lipinski definition) is 5. The lowest BCUT2D eigenvalue weighted by Gasteiger charge is -2.19. The molecule has 0 radical (unpaired) electrons. The summed E-state index contributed by atoms with van der Waals surface area (Å²) in [6.45, 7) is 4.26. The van der Waals surface area contributed by atoms with Crippen LogP contribution in [0.1, 0.15) is 44.3 Å². The molecule has 0 amide bonds. The largest absolute Gasteiger partial charge is 0.480 e. The predicted octanol–water partition coefficient (Wildman–Crippen LogP) is 2.24. The molecule has 0 aromatic carbocycles. The van der Waals surface area contributed by atoms with Crippen LogP contribution in [0.4, 0.5) is 5.13 Å². The Kier molecular flexibility index (Phi) is 4.76. The van der Waals surface area contributed by atoms with E-state index in [0.29, 0.717) is 5.69 Å². The highest BCUT2D eigenvalue weighted by molar-refractivity contribution is 7.13. The highest BCUT2D eigenvalue weighted by Crippen LogP contribution is 2.28. The van der Waals surface area contributed by atoms with Crippen LogP contribution in [0.3, 0.4) is 0 Å². The first-order chi connectivity index (χ1) is 9.11. The first-order valence-electron chi connectivity index (χ1n) is 6.80. The van der Waals surface area contributed by atoms with E-state index in [0.717, 1.165) is 24.1 Å². The molecule has 2 unspecified atom stereocenters. The summed E-state index contributed by atoms with van der Waals surface area (Å²) in [4.78, 5) is 17.5. The molecule has 19 heavy (non-hydrogen) atoms. The number of thiazole rings is 1. The molecular weight excluding hydrogens is 262 g/mol. The molecule has 1 aliphatic rings. The minimum atomic E-state index is -1.03. The highest BCUT2D eigenvalue weighted by Gasteiger charge is 2.21. The Morgan fingerprint density at radius 1 is 1.63 bits per heavy atom. The van der Waals surface area contributed by atoms with Crippen molar-refractivity contribution in [2.45, 2.75) is 38.6 Å². The third-order valence-corrected chi connectivity index (χ3v) is 4.71. The van der Waals surface area contributed by atoms with E-state index in [1.165, 1.54) is 37.0 Å². The van der Waals surface area contributed by atoms with Gasteiger partial charge in [0.1, 0.15) is 6.04 Å². The fourth-order valence-electron chi connectivity index (χ4n) is 2.46. The van der Waals surface area contributed by atoms with Gasteiger partial charge < -0.3 is 15.7 Å². The van der Waals surface area contributed by atoms with Crippen LogP contribution in [0.15, 0.2) is 5.38 Å². The maximum atomic E-state index is 10.8. The molecule has 2 heterocycles. The molecule has 3 N–H and O–H groups in total. The van der Waals surface area contributed by atoms with E-state index in [2.05, 4.69) is 16.8 Å². The summed E-state index contributed by atoms with van der Waals surface area (Å²) >= 11 is 1.49. The first-order valence-corrected chi connectivity index (χ1v) is 7.68. The minimum absolute atomic E-state index is 0.462. The Hall–Kier alpha value is -1.14. The lowest BCUT2D eigenvalue weighted by molar-refractivity contribution is -0.138. The second-order valence-electron chi connectivity index (χ2n) is 5.06. The fraction of sp³-hybridized carbons (Fsp3) is 0.692. The summed E-state index contributed by atoms with van der Waals surface area (Å²) in [6.07, 6.45) is 4.88. The van der Waals surface area contributed by atoms with Crippen molar-refractivity contribution in [1.82, 2.24) is 4.98 Å². The maximum Gasteiger partial charge on any atom is 0.326 e. The normalized spacial score (nSPS) is 22.0. The summed E-state index contributed by atoms with van der Waals surface area (Å²) in [6, 6.07) is -1.01. The number of carbonyl (C=O) groups is 1. The molecule has 1 aromatic rings. The van der Waals surface area contributed by atoms with Crippen LogP contribution < -0.4 is 10.6 Å². The predicted molar refractivity (Wildman–Crippen MR) is 76.5 cm³/mol. The van der Waals surface area contributed by atoms with Gasteiger partial charge >= 0.3 is 5.97 Å². The number of nitrogens with zero attached hydrogens (tertiary/aromatic N) is 2. The number of carboxylic acids is 1. The molecule has 2 rings (SSSR count). The van der Waals surface area contributed by atoms with Gasteiger partial charge in [0.25, 0.3) is 0 Å². The quantitative estimate of drug-likeness (QED) is 0.886. The Balaban J connectivity index is 2.04. The molecule has 1 aliphatic heterocycles. The molecule has 5 nitrogen and oxygen atoms in total. The van der Waals surface area contributed by atoms with Gasteiger partial charge in [-0.3, -0.25) is 4.79 Å². The van der Waals surface area contributed by atoms with Gasteiger partial charge in [-0.15, -0.1) is 11.3 Å². The Bertz CT molecular complexity index is 435. The van der Waals surface area contributed by atoms with Crippen molar-refractivity contribution < 1.29 is 9.90 Å². The van der Waals surface area contributed by atoms with Gasteiger partial charge in [-0.1, -0.05) is 13.3 Å². The summed E-state index contributed by atoms with van der Waals surface area (Å²) < 4.78 is 0. The molecule has 6 heteroatoms. The number of aliphatic carboxylic acids is 1. The SMILES string of the molecule is CCC1CCCN(c2nc(C(N)C(=O)O)cs2)CC1. The van der Waals surface area contributed by atoms with E-state index in [-0.39, 0.29) is 0 Å². The van der Waals surface area contributed by atoms with Crippen molar-refractivity contribution in [3.05, 3.63) is 11.1 Å². The van der Waals surface area contributed by atoms with E-state index in [4.69, 9.17) is 10.8 Å². The zero-order valence-electron chi connectivity index (χ0n) is 11.2. The fourth-order valence-corrected chi connectivity index (χ4v) is 3.37. The van der Waals surface area contributed by atoms with Gasteiger partial charge in [0.05, 0.1) is 5.69 Å². The van der Waals surface area contributed by atoms with E-state index in [1.807, 2.05) is 0 Å². The van der Waals surface area contributed by atoms with Gasteiger partial charge in [0, 0.05) is 18.5 Å². The Morgan fingerprint density at radius 2 is 2.42 bits per heavy atom. The van der Waals surface area contributed by atoms with Crippen LogP contribution in [-0.2, 0) is 4.79 Å². The van der Waals surface area contributed by atoms with Crippen LogP contribution in [-0.4, -0.2) is 29.1 Å². The standard InChI is InChI=1S/C13H21N3O2S/c1-2-9-4-3-6-16(7-5-9)13-15-10(8-19-13)11(14)12(17)18/h8-9,11H,2-7,14H2,1H3,(H,17,18). The number of carboxylic acid groups (broad SMARTS) is 1. The van der Waals surface area contributed by atoms with Crippen molar-refractivity contribution in [2.24, 2.45) is 11.7 Å². The number of nitrogens with two attached hydrogens (primary N) is 1. The van der Waals surface area contributed by atoms with Crippen molar-refractivity contribution in [3.63, 3.8) is 0 Å². The molecule has 0 spiro atoms. The second-order valence-corrected chi connectivity index (χ2v) is 5.90. The van der Waals surface area contributed by atoms with E-state index < -0.39 is 12.0 Å². The van der Waals surface area contributed by atoms with Crippen LogP contribution in [0.5, 0.6) is 0 Å². The lowest BCUT2D eigenvalue weighted by atomic mass is 9.98. The highest BCUT2D eigenvalue weighted by atomic mass is 32.1. The number of anilines is 1. The van der Waals surface area contributed by atoms with Gasteiger partial charge in [0.2, 0.25) is 0 Å². The van der Waals surface area contributed by atoms with Crippen LogP contribution >= 0.6 is 11.3 Å². The summed E-state index contributed by atoms with van der Waals surface area (Å²) in [5.74, 6) is -0.218. The zero-order chi connectivity index (χ0) is 13.8. The van der Waals surface area contributed by atoms with E-state index in [9.17, 15) is 4.79 Å². The third-order valence-electron chi connectivity index (χ3n) is 3.79. The van der Waals surface area contributed by atoms with Crippen LogP contribution in [0.2, 0.25) is 0 Å². The smallest absolute Gasteiger partial charge is 0.326 e. The topological polar surface area (TPSA) is 79.5 Å². The van der Waals surface area contributed by atoms with Crippen LogP contribution in [0.25, 0.3) is 0 Å². The minimum Gasteiger partial charge on any atom is -0.480 e. The molecule has 1 saturated heterocycles. The van der Waals surface area contributed by atoms with E-state index in [1.54, 1.807) is 5.38 Å². The second kappa shape index (κ2) is 6.34. The van der Waals surface area contributed by atoms with Crippen LogP contribution in [0, 0.1) is 5.92 Å². The van der Waals surface area contributed by atoms with Gasteiger partial charge in [-0.05, 0) is 25.2 Å². The molecule has 0 bridgehead atoms. The lowest BCUT2D eigenvalue weighted by Crippen LogP contribution is -2.25. The van der Waals surface area contributed by atoms with Gasteiger partial charge in [-0.25, -0.2) is 4.98 Å². The summed E-state index contributed by atoms with van der Waals surface area (Å²) in [5.41, 5.74) is 6.04. The monoisotopic (exact) mass is 283 g/mol. The van der Waals surface area contributed by atoms with Crippen molar-refractivity contribution in [1.29, 1.82) is 0 Å². The molecule has 0 aliphatic carbocycles. The molecular formula is C13H21N3O2S. The summed E-state index contributed by atoms with van der Waals surface area (Å²) in [5, 5.41) is 11.6. The first kappa shape index (κ1) is 14.3. The Morgan fingerprint density at radius 3 is 3.11 bits per heavy atom. The number of aromatic nitrogens is 1. The van der Waals surface area contributed by atoms with Crippen molar-refractivity contribution >= 4 is 22.4 Å².